The van der Waals surface area contributed by atoms with Crippen molar-refractivity contribution in [2.75, 3.05) is 19.5 Å². The Morgan fingerprint density at radius 2 is 2.35 bits per heavy atom. The minimum atomic E-state index is -0.264. The van der Waals surface area contributed by atoms with Crippen molar-refractivity contribution < 1.29 is 14.3 Å². The van der Waals surface area contributed by atoms with Crippen LogP contribution in [0.5, 0.6) is 5.88 Å². The molecule has 0 bridgehead atoms. The van der Waals surface area contributed by atoms with E-state index in [0.717, 1.165) is 5.56 Å². The van der Waals surface area contributed by atoms with Gasteiger partial charge in [0, 0.05) is 5.56 Å². The Bertz CT molecular complexity index is 416. The molecule has 0 aliphatic carbocycles. The molecule has 1 aromatic rings. The zero-order valence-electron chi connectivity index (χ0n) is 9.97. The molecule has 1 heterocycles. The first-order chi connectivity index (χ1) is 8.17. The Balaban J connectivity index is 2.70. The van der Waals surface area contributed by atoms with Crippen molar-refractivity contribution in [3.8, 4) is 5.88 Å². The summed E-state index contributed by atoms with van der Waals surface area (Å²) in [7, 11) is 1.53. The lowest BCUT2D eigenvalue weighted by Crippen LogP contribution is -2.01. The second-order valence-electron chi connectivity index (χ2n) is 3.28. The lowest BCUT2D eigenvalue weighted by Gasteiger charge is -2.04. The minimum absolute atomic E-state index is 0.214. The van der Waals surface area contributed by atoms with E-state index in [4.69, 9.17) is 15.2 Å². The van der Waals surface area contributed by atoms with Crippen molar-refractivity contribution in [3.05, 3.63) is 23.9 Å². The summed E-state index contributed by atoms with van der Waals surface area (Å²) in [6, 6.07) is 1.73. The molecule has 0 atom stereocenters. The van der Waals surface area contributed by atoms with E-state index in [9.17, 15) is 4.79 Å². The molecule has 0 aliphatic heterocycles. The van der Waals surface area contributed by atoms with E-state index in [-0.39, 0.29) is 12.4 Å². The zero-order chi connectivity index (χ0) is 12.7. The van der Waals surface area contributed by atoms with Crippen molar-refractivity contribution in [1.29, 1.82) is 0 Å². The summed E-state index contributed by atoms with van der Waals surface area (Å²) in [5.74, 6) is 0.207. The van der Waals surface area contributed by atoms with Gasteiger partial charge in [0.1, 0.15) is 0 Å². The number of hydrogen-bond acceptors (Lipinski definition) is 5. The zero-order valence-corrected chi connectivity index (χ0v) is 9.97. The van der Waals surface area contributed by atoms with Crippen LogP contribution < -0.4 is 10.5 Å². The van der Waals surface area contributed by atoms with Gasteiger partial charge in [-0.1, -0.05) is 12.2 Å². The number of nitrogens with two attached hydrogens (primary N) is 1. The van der Waals surface area contributed by atoms with Crippen LogP contribution in [0.4, 0.5) is 5.69 Å². The van der Waals surface area contributed by atoms with Crippen molar-refractivity contribution in [2.45, 2.75) is 13.3 Å². The Morgan fingerprint density at radius 1 is 1.59 bits per heavy atom. The normalized spacial score (nSPS) is 10.5. The van der Waals surface area contributed by atoms with E-state index in [2.05, 4.69) is 4.98 Å². The molecule has 0 aromatic carbocycles. The number of aromatic nitrogens is 1. The second kappa shape index (κ2) is 6.52. The summed E-state index contributed by atoms with van der Waals surface area (Å²) >= 11 is 0. The fourth-order valence-electron chi connectivity index (χ4n) is 1.28. The molecule has 2 N–H and O–H groups in total. The summed E-state index contributed by atoms with van der Waals surface area (Å²) in [5.41, 5.74) is 6.89. The van der Waals surface area contributed by atoms with Gasteiger partial charge in [0.05, 0.1) is 32.0 Å². The molecule has 92 valence electrons. The van der Waals surface area contributed by atoms with Gasteiger partial charge in [-0.25, -0.2) is 4.98 Å². The average molecular weight is 236 g/mol. The molecule has 0 unspecified atom stereocenters. The first-order valence-electron chi connectivity index (χ1n) is 5.29. The molecule has 0 amide bonds. The largest absolute Gasteiger partial charge is 0.481 e. The standard InChI is InChI=1S/C12H16N2O3/c1-3-17-11(15)6-4-5-9-7-10(13)8-14-12(9)16-2/h4-5,7-8H,3,6,13H2,1-2H3. The fraction of sp³-hybridized carbons (Fsp3) is 0.333. The molecule has 1 aromatic heterocycles. The van der Waals surface area contributed by atoms with Gasteiger partial charge in [-0.2, -0.15) is 0 Å². The molecule has 5 heteroatoms. The summed E-state index contributed by atoms with van der Waals surface area (Å²) in [6.45, 7) is 2.16. The Labute approximate surface area is 100 Å². The highest BCUT2D eigenvalue weighted by molar-refractivity contribution is 5.73. The predicted molar refractivity (Wildman–Crippen MR) is 65.5 cm³/mol. The number of carbonyl (C=O) groups excluding carboxylic acids is 1. The van der Waals surface area contributed by atoms with Crippen LogP contribution in [-0.2, 0) is 9.53 Å². The number of hydrogen-bond donors (Lipinski definition) is 1. The Hall–Kier alpha value is -2.04. The fourth-order valence-corrected chi connectivity index (χ4v) is 1.28. The SMILES string of the molecule is CCOC(=O)CC=Cc1cc(N)cnc1OC. The third-order valence-electron chi connectivity index (χ3n) is 1.98. The third-order valence-corrected chi connectivity index (χ3v) is 1.98. The quantitative estimate of drug-likeness (QED) is 0.786. The predicted octanol–water partition coefficient (Wildman–Crippen LogP) is 1.64. The summed E-state index contributed by atoms with van der Waals surface area (Å²) in [6.07, 6.45) is 5.16. The molecule has 0 spiro atoms. The van der Waals surface area contributed by atoms with Crippen molar-refractivity contribution in [3.63, 3.8) is 0 Å². The molecule has 1 rings (SSSR count). The first kappa shape index (κ1) is 13.0. The van der Waals surface area contributed by atoms with Crippen LogP contribution >= 0.6 is 0 Å². The number of rotatable bonds is 5. The van der Waals surface area contributed by atoms with E-state index < -0.39 is 0 Å². The van der Waals surface area contributed by atoms with Crippen molar-refractivity contribution in [1.82, 2.24) is 4.98 Å². The number of carbonyl (C=O) groups is 1. The smallest absolute Gasteiger partial charge is 0.309 e. The van der Waals surface area contributed by atoms with E-state index in [1.807, 2.05) is 0 Å². The molecule has 0 saturated heterocycles. The molecule has 0 aliphatic rings. The van der Waals surface area contributed by atoms with Gasteiger partial charge in [-0.3, -0.25) is 4.79 Å². The topological polar surface area (TPSA) is 74.4 Å². The number of ether oxygens (including phenoxy) is 2. The molecule has 0 saturated carbocycles. The number of nitrogen functional groups attached to an aromatic ring is 1. The van der Waals surface area contributed by atoms with E-state index in [1.54, 1.807) is 25.1 Å². The minimum Gasteiger partial charge on any atom is -0.481 e. The van der Waals surface area contributed by atoms with Gasteiger partial charge >= 0.3 is 5.97 Å². The van der Waals surface area contributed by atoms with Gasteiger partial charge in [0.25, 0.3) is 0 Å². The molecule has 17 heavy (non-hydrogen) atoms. The molecular weight excluding hydrogens is 220 g/mol. The monoisotopic (exact) mass is 236 g/mol. The third kappa shape index (κ3) is 4.14. The van der Waals surface area contributed by atoms with Gasteiger partial charge < -0.3 is 15.2 Å². The number of nitrogens with zero attached hydrogens (tertiary/aromatic N) is 1. The van der Waals surface area contributed by atoms with E-state index >= 15 is 0 Å². The lowest BCUT2D eigenvalue weighted by atomic mass is 10.2. The number of pyridine rings is 1. The van der Waals surface area contributed by atoms with E-state index in [1.165, 1.54) is 13.3 Å². The van der Waals surface area contributed by atoms with Gasteiger partial charge in [0.2, 0.25) is 5.88 Å². The van der Waals surface area contributed by atoms with Gasteiger partial charge in [0.15, 0.2) is 0 Å². The number of anilines is 1. The molecular formula is C12H16N2O3. The summed E-state index contributed by atoms with van der Waals surface area (Å²) in [5, 5.41) is 0. The van der Waals surface area contributed by atoms with Crippen LogP contribution in [0.2, 0.25) is 0 Å². The van der Waals surface area contributed by atoms with Crippen molar-refractivity contribution >= 4 is 17.7 Å². The highest BCUT2D eigenvalue weighted by Crippen LogP contribution is 2.19. The van der Waals surface area contributed by atoms with E-state index in [0.29, 0.717) is 18.2 Å². The number of methoxy groups -OCH3 is 1. The van der Waals surface area contributed by atoms with Crippen LogP contribution in [0.25, 0.3) is 6.08 Å². The van der Waals surface area contributed by atoms with Crippen LogP contribution in [0, 0.1) is 0 Å². The molecule has 5 nitrogen and oxygen atoms in total. The maximum absolute atomic E-state index is 11.1. The number of esters is 1. The second-order valence-corrected chi connectivity index (χ2v) is 3.28. The first-order valence-corrected chi connectivity index (χ1v) is 5.29. The molecule has 0 fully saturated rings. The molecule has 0 radical (unpaired) electrons. The van der Waals surface area contributed by atoms with Crippen molar-refractivity contribution in [2.24, 2.45) is 0 Å². The van der Waals surface area contributed by atoms with Gasteiger partial charge in [-0.05, 0) is 13.0 Å². The maximum atomic E-state index is 11.1. The van der Waals surface area contributed by atoms with Crippen LogP contribution in [0.1, 0.15) is 18.9 Å². The average Bonchev–Trinajstić information content (AvgIpc) is 2.30. The van der Waals surface area contributed by atoms with Crippen LogP contribution in [0.15, 0.2) is 18.3 Å². The lowest BCUT2D eigenvalue weighted by molar-refractivity contribution is -0.142. The Kier molecular flexibility index (Phi) is 5.00. The highest BCUT2D eigenvalue weighted by Gasteiger charge is 2.02. The van der Waals surface area contributed by atoms with Crippen LogP contribution in [0.3, 0.4) is 0 Å². The summed E-state index contributed by atoms with van der Waals surface area (Å²) in [4.78, 5) is 15.1. The van der Waals surface area contributed by atoms with Gasteiger partial charge in [-0.15, -0.1) is 0 Å². The summed E-state index contributed by atoms with van der Waals surface area (Å²) < 4.78 is 9.87. The maximum Gasteiger partial charge on any atom is 0.309 e. The Morgan fingerprint density at radius 3 is 3.00 bits per heavy atom. The highest BCUT2D eigenvalue weighted by atomic mass is 16.5. The van der Waals surface area contributed by atoms with Crippen LogP contribution in [-0.4, -0.2) is 24.7 Å².